The molecule has 0 atom stereocenters. The van der Waals surface area contributed by atoms with E-state index in [1.807, 2.05) is 30.3 Å². The van der Waals surface area contributed by atoms with Gasteiger partial charge in [0.05, 0.1) is 5.56 Å². The second-order valence-electron chi connectivity index (χ2n) is 6.40. The Morgan fingerprint density at radius 3 is 2.33 bits per heavy atom. The van der Waals surface area contributed by atoms with Crippen LogP contribution in [0, 0.1) is 11.3 Å². The van der Waals surface area contributed by atoms with Crippen molar-refractivity contribution >= 4 is 0 Å². The van der Waals surface area contributed by atoms with E-state index < -0.39 is 17.3 Å². The SMILES string of the molecule is N#Cc1c(-c2ccc(C(F)(F)F)cc2)c2c([nH]c1=O)CCc1ccccc1-2. The molecule has 1 aliphatic carbocycles. The highest BCUT2D eigenvalue weighted by Gasteiger charge is 2.31. The lowest BCUT2D eigenvalue weighted by Gasteiger charge is -2.23. The number of hydrogen-bond donors (Lipinski definition) is 1. The van der Waals surface area contributed by atoms with Gasteiger partial charge in [-0.3, -0.25) is 4.79 Å². The topological polar surface area (TPSA) is 56.6 Å². The summed E-state index contributed by atoms with van der Waals surface area (Å²) < 4.78 is 38.7. The van der Waals surface area contributed by atoms with Gasteiger partial charge in [-0.2, -0.15) is 18.4 Å². The maximum atomic E-state index is 12.9. The minimum Gasteiger partial charge on any atom is -0.324 e. The molecule has 0 spiro atoms. The lowest BCUT2D eigenvalue weighted by Crippen LogP contribution is -2.19. The van der Waals surface area contributed by atoms with Gasteiger partial charge in [0, 0.05) is 16.8 Å². The molecule has 1 aliphatic rings. The molecule has 0 unspecified atom stereocenters. The van der Waals surface area contributed by atoms with E-state index in [1.54, 1.807) is 0 Å². The Morgan fingerprint density at radius 2 is 1.67 bits per heavy atom. The molecule has 6 heteroatoms. The van der Waals surface area contributed by atoms with Crippen molar-refractivity contribution in [1.82, 2.24) is 4.98 Å². The Balaban J connectivity index is 2.03. The molecule has 0 fully saturated rings. The van der Waals surface area contributed by atoms with Gasteiger partial charge in [0.15, 0.2) is 0 Å². The molecule has 1 heterocycles. The summed E-state index contributed by atoms with van der Waals surface area (Å²) in [5, 5.41) is 9.54. The van der Waals surface area contributed by atoms with Gasteiger partial charge in [0.1, 0.15) is 11.6 Å². The third-order valence-corrected chi connectivity index (χ3v) is 4.84. The summed E-state index contributed by atoms with van der Waals surface area (Å²) in [7, 11) is 0. The van der Waals surface area contributed by atoms with Gasteiger partial charge < -0.3 is 4.98 Å². The van der Waals surface area contributed by atoms with Crippen LogP contribution in [-0.4, -0.2) is 4.98 Å². The number of rotatable bonds is 1. The summed E-state index contributed by atoms with van der Waals surface area (Å²) >= 11 is 0. The van der Waals surface area contributed by atoms with Crippen molar-refractivity contribution in [2.24, 2.45) is 0 Å². The predicted molar refractivity (Wildman–Crippen MR) is 95.1 cm³/mol. The molecule has 0 saturated heterocycles. The lowest BCUT2D eigenvalue weighted by molar-refractivity contribution is -0.137. The first-order valence-corrected chi connectivity index (χ1v) is 8.35. The third kappa shape index (κ3) is 2.81. The standard InChI is InChI=1S/C21H13F3N2O/c22-21(23,24)14-8-5-13(6-9-14)18-16(11-25)20(27)26-17-10-7-12-3-1-2-4-15(12)19(17)18/h1-6,8-9H,7,10H2,(H,26,27). The molecule has 1 aromatic heterocycles. The Bertz CT molecular complexity index is 1140. The molecule has 0 radical (unpaired) electrons. The van der Waals surface area contributed by atoms with Crippen LogP contribution < -0.4 is 5.56 Å². The average molecular weight is 366 g/mol. The molecular weight excluding hydrogens is 353 g/mol. The average Bonchev–Trinajstić information content (AvgIpc) is 2.66. The van der Waals surface area contributed by atoms with Crippen molar-refractivity contribution in [2.45, 2.75) is 19.0 Å². The van der Waals surface area contributed by atoms with E-state index >= 15 is 0 Å². The second kappa shape index (κ2) is 6.13. The van der Waals surface area contributed by atoms with Crippen LogP contribution >= 0.6 is 0 Å². The maximum absolute atomic E-state index is 12.9. The highest BCUT2D eigenvalue weighted by atomic mass is 19.4. The number of H-pyrrole nitrogens is 1. The molecule has 0 amide bonds. The second-order valence-corrected chi connectivity index (χ2v) is 6.40. The minimum atomic E-state index is -4.45. The highest BCUT2D eigenvalue weighted by molar-refractivity contribution is 5.90. The number of aromatic nitrogens is 1. The molecular formula is C21H13F3N2O. The van der Waals surface area contributed by atoms with Crippen LogP contribution in [0.1, 0.15) is 22.4 Å². The number of aromatic amines is 1. The van der Waals surface area contributed by atoms with Crippen LogP contribution in [0.15, 0.2) is 53.3 Å². The summed E-state index contributed by atoms with van der Waals surface area (Å²) in [5.74, 6) is 0. The van der Waals surface area contributed by atoms with E-state index in [0.717, 1.165) is 29.7 Å². The number of aryl methyl sites for hydroxylation is 2. The van der Waals surface area contributed by atoms with E-state index in [9.17, 15) is 23.2 Å². The van der Waals surface area contributed by atoms with Crippen LogP contribution in [0.5, 0.6) is 0 Å². The number of fused-ring (bicyclic) bond motifs is 3. The quantitative estimate of drug-likeness (QED) is 0.679. The van der Waals surface area contributed by atoms with Gasteiger partial charge in [-0.05, 0) is 41.7 Å². The Morgan fingerprint density at radius 1 is 0.963 bits per heavy atom. The zero-order valence-electron chi connectivity index (χ0n) is 14.0. The zero-order chi connectivity index (χ0) is 19.2. The minimum absolute atomic E-state index is 0.0924. The zero-order valence-corrected chi connectivity index (χ0v) is 14.0. The number of nitrogens with one attached hydrogen (secondary N) is 1. The fourth-order valence-corrected chi connectivity index (χ4v) is 3.60. The summed E-state index contributed by atoms with van der Waals surface area (Å²) in [4.78, 5) is 15.2. The molecule has 3 nitrogen and oxygen atoms in total. The normalized spacial score (nSPS) is 12.8. The molecule has 0 bridgehead atoms. The summed E-state index contributed by atoms with van der Waals surface area (Å²) in [6.07, 6.45) is -3.10. The Labute approximate surface area is 152 Å². The Kier molecular flexibility index (Phi) is 3.88. The number of nitriles is 1. The Hall–Kier alpha value is -3.33. The van der Waals surface area contributed by atoms with Crippen molar-refractivity contribution in [2.75, 3.05) is 0 Å². The van der Waals surface area contributed by atoms with Crippen LogP contribution in [0.4, 0.5) is 13.2 Å². The van der Waals surface area contributed by atoms with Crippen LogP contribution in [0.25, 0.3) is 22.3 Å². The van der Waals surface area contributed by atoms with E-state index in [0.29, 0.717) is 28.8 Å². The molecule has 27 heavy (non-hydrogen) atoms. The number of benzene rings is 2. The molecule has 1 N–H and O–H groups in total. The molecule has 2 aromatic carbocycles. The summed E-state index contributed by atoms with van der Waals surface area (Å²) in [5.41, 5.74) is 2.80. The monoisotopic (exact) mass is 366 g/mol. The molecule has 4 rings (SSSR count). The lowest BCUT2D eigenvalue weighted by atomic mass is 9.82. The first kappa shape index (κ1) is 17.1. The van der Waals surface area contributed by atoms with Crippen molar-refractivity contribution in [3.63, 3.8) is 0 Å². The van der Waals surface area contributed by atoms with E-state index in [4.69, 9.17) is 0 Å². The molecule has 0 saturated carbocycles. The fourth-order valence-electron chi connectivity index (χ4n) is 3.60. The summed E-state index contributed by atoms with van der Waals surface area (Å²) in [6.45, 7) is 0. The number of hydrogen-bond acceptors (Lipinski definition) is 2. The van der Waals surface area contributed by atoms with Crippen LogP contribution in [0.2, 0.25) is 0 Å². The van der Waals surface area contributed by atoms with Crippen LogP contribution in [-0.2, 0) is 19.0 Å². The van der Waals surface area contributed by atoms with Gasteiger partial charge in [-0.1, -0.05) is 36.4 Å². The number of nitrogens with zero attached hydrogens (tertiary/aromatic N) is 1. The predicted octanol–water partition coefficient (Wildman–Crippen LogP) is 4.70. The van der Waals surface area contributed by atoms with Gasteiger partial charge in [0.25, 0.3) is 5.56 Å². The highest BCUT2D eigenvalue weighted by Crippen LogP contribution is 2.41. The van der Waals surface area contributed by atoms with Gasteiger partial charge >= 0.3 is 6.18 Å². The maximum Gasteiger partial charge on any atom is 0.416 e. The molecule has 134 valence electrons. The first-order chi connectivity index (χ1) is 12.9. The molecule has 0 aliphatic heterocycles. The third-order valence-electron chi connectivity index (χ3n) is 4.84. The number of halogens is 3. The smallest absolute Gasteiger partial charge is 0.324 e. The fraction of sp³-hybridized carbons (Fsp3) is 0.143. The van der Waals surface area contributed by atoms with Crippen molar-refractivity contribution in [1.29, 1.82) is 5.26 Å². The summed E-state index contributed by atoms with van der Waals surface area (Å²) in [6, 6.07) is 14.2. The van der Waals surface area contributed by atoms with Crippen LogP contribution in [0.3, 0.4) is 0 Å². The van der Waals surface area contributed by atoms with E-state index in [1.165, 1.54) is 12.1 Å². The van der Waals surface area contributed by atoms with Gasteiger partial charge in [-0.25, -0.2) is 0 Å². The largest absolute Gasteiger partial charge is 0.416 e. The van der Waals surface area contributed by atoms with Crippen molar-refractivity contribution in [3.8, 4) is 28.3 Å². The number of pyridine rings is 1. The van der Waals surface area contributed by atoms with E-state index in [-0.39, 0.29) is 5.56 Å². The molecule has 3 aromatic rings. The van der Waals surface area contributed by atoms with Crippen molar-refractivity contribution < 1.29 is 13.2 Å². The van der Waals surface area contributed by atoms with Gasteiger partial charge in [-0.15, -0.1) is 0 Å². The number of alkyl halides is 3. The first-order valence-electron chi connectivity index (χ1n) is 8.35. The van der Waals surface area contributed by atoms with E-state index in [2.05, 4.69) is 4.98 Å². The van der Waals surface area contributed by atoms with Crippen molar-refractivity contribution in [3.05, 3.63) is 81.3 Å². The van der Waals surface area contributed by atoms with Gasteiger partial charge in [0.2, 0.25) is 0 Å².